The Labute approximate surface area is 168 Å². The largest absolute Gasteiger partial charge is 0.343 e. The lowest BCUT2D eigenvalue weighted by molar-refractivity contribution is -0.117. The summed E-state index contributed by atoms with van der Waals surface area (Å²) < 4.78 is 0. The van der Waals surface area contributed by atoms with Gasteiger partial charge in [0.05, 0.1) is 17.9 Å². The Bertz CT molecular complexity index is 1090. The topological polar surface area (TPSA) is 78.5 Å². The van der Waals surface area contributed by atoms with Crippen molar-refractivity contribution in [3.8, 4) is 0 Å². The van der Waals surface area contributed by atoms with E-state index in [1.54, 1.807) is 29.2 Å². The molecule has 4 rings (SSSR count). The lowest BCUT2D eigenvalue weighted by Gasteiger charge is -2.20. The van der Waals surface area contributed by atoms with E-state index >= 15 is 0 Å². The highest BCUT2D eigenvalue weighted by Crippen LogP contribution is 2.29. The molecule has 146 valence electrons. The summed E-state index contributed by atoms with van der Waals surface area (Å²) in [6, 6.07) is 20.4. The van der Waals surface area contributed by atoms with Crippen LogP contribution < -0.4 is 15.5 Å². The van der Waals surface area contributed by atoms with Gasteiger partial charge in [-0.15, -0.1) is 0 Å². The first-order chi connectivity index (χ1) is 14.1. The predicted molar refractivity (Wildman–Crippen MR) is 113 cm³/mol. The lowest BCUT2D eigenvalue weighted by atomic mass is 10.1. The standard InChI is InChI=1S/C23H21N3O3/c27-21(25-19-8-3-4-9-20(19)26-13-5-10-22(26)28)15-24-23(29)18-12-11-16-6-1-2-7-17(16)14-18/h1-4,6-9,11-12,14H,5,10,13,15H2,(H,24,29)(H,25,27). The number of hydrogen-bond acceptors (Lipinski definition) is 3. The maximum Gasteiger partial charge on any atom is 0.251 e. The van der Waals surface area contributed by atoms with Gasteiger partial charge in [-0.05, 0) is 41.5 Å². The van der Waals surface area contributed by atoms with E-state index < -0.39 is 0 Å². The van der Waals surface area contributed by atoms with E-state index in [9.17, 15) is 14.4 Å². The van der Waals surface area contributed by atoms with Crippen LogP contribution >= 0.6 is 0 Å². The highest BCUT2D eigenvalue weighted by atomic mass is 16.2. The number of carbonyl (C=O) groups is 3. The summed E-state index contributed by atoms with van der Waals surface area (Å²) in [6.45, 7) is 0.484. The normalized spacial score (nSPS) is 13.5. The number of carbonyl (C=O) groups excluding carboxylic acids is 3. The number of benzene rings is 3. The maximum atomic E-state index is 12.4. The monoisotopic (exact) mass is 387 g/mol. The molecule has 0 bridgehead atoms. The average Bonchev–Trinajstić information content (AvgIpc) is 3.17. The Kier molecular flexibility index (Phi) is 5.24. The zero-order chi connectivity index (χ0) is 20.2. The SMILES string of the molecule is O=C(CNC(=O)c1ccc2ccccc2c1)Nc1ccccc1N1CCCC1=O. The molecule has 1 heterocycles. The highest BCUT2D eigenvalue weighted by Gasteiger charge is 2.24. The molecule has 3 aromatic carbocycles. The van der Waals surface area contributed by atoms with Crippen LogP contribution in [0.5, 0.6) is 0 Å². The molecule has 3 aromatic rings. The van der Waals surface area contributed by atoms with Gasteiger partial charge in [-0.25, -0.2) is 0 Å². The van der Waals surface area contributed by atoms with Crippen LogP contribution in [0.25, 0.3) is 10.8 Å². The van der Waals surface area contributed by atoms with Crippen molar-refractivity contribution in [2.45, 2.75) is 12.8 Å². The third-order valence-electron chi connectivity index (χ3n) is 4.96. The van der Waals surface area contributed by atoms with Gasteiger partial charge in [-0.1, -0.05) is 42.5 Å². The van der Waals surface area contributed by atoms with Gasteiger partial charge in [-0.3, -0.25) is 14.4 Å². The van der Waals surface area contributed by atoms with Crippen molar-refractivity contribution in [2.75, 3.05) is 23.3 Å². The van der Waals surface area contributed by atoms with Crippen LogP contribution in [0.4, 0.5) is 11.4 Å². The Morgan fingerprint density at radius 2 is 1.69 bits per heavy atom. The first-order valence-corrected chi connectivity index (χ1v) is 9.58. The number of nitrogens with zero attached hydrogens (tertiary/aromatic N) is 1. The molecule has 0 aliphatic carbocycles. The van der Waals surface area contributed by atoms with Crippen LogP contribution in [0.2, 0.25) is 0 Å². The molecule has 0 atom stereocenters. The second kappa shape index (κ2) is 8.14. The van der Waals surface area contributed by atoms with Crippen molar-refractivity contribution in [3.63, 3.8) is 0 Å². The number of fused-ring (bicyclic) bond motifs is 1. The minimum atomic E-state index is -0.349. The molecule has 6 heteroatoms. The molecule has 1 aliphatic heterocycles. The molecule has 0 unspecified atom stereocenters. The van der Waals surface area contributed by atoms with E-state index in [0.717, 1.165) is 17.2 Å². The van der Waals surface area contributed by atoms with Crippen molar-refractivity contribution < 1.29 is 14.4 Å². The fourth-order valence-electron chi connectivity index (χ4n) is 3.51. The maximum absolute atomic E-state index is 12.4. The fourth-order valence-corrected chi connectivity index (χ4v) is 3.51. The Morgan fingerprint density at radius 1 is 0.931 bits per heavy atom. The molecule has 0 radical (unpaired) electrons. The molecule has 1 fully saturated rings. The summed E-state index contributed by atoms with van der Waals surface area (Å²) in [5.41, 5.74) is 1.75. The predicted octanol–water partition coefficient (Wildman–Crippen LogP) is 3.34. The molecular weight excluding hydrogens is 366 g/mol. The Morgan fingerprint density at radius 3 is 2.48 bits per heavy atom. The molecule has 1 aliphatic rings. The molecule has 0 saturated carbocycles. The molecule has 0 spiro atoms. The van der Waals surface area contributed by atoms with Crippen LogP contribution in [0.3, 0.4) is 0 Å². The summed E-state index contributed by atoms with van der Waals surface area (Å²) in [7, 11) is 0. The van der Waals surface area contributed by atoms with Crippen molar-refractivity contribution in [1.29, 1.82) is 0 Å². The van der Waals surface area contributed by atoms with Gasteiger partial charge in [0.25, 0.3) is 5.91 Å². The van der Waals surface area contributed by atoms with Crippen LogP contribution in [0.15, 0.2) is 66.7 Å². The summed E-state index contributed by atoms with van der Waals surface area (Å²) >= 11 is 0. The van der Waals surface area contributed by atoms with E-state index in [4.69, 9.17) is 0 Å². The lowest BCUT2D eigenvalue weighted by Crippen LogP contribution is -2.33. The molecule has 29 heavy (non-hydrogen) atoms. The van der Waals surface area contributed by atoms with Crippen LogP contribution in [-0.4, -0.2) is 30.8 Å². The van der Waals surface area contributed by atoms with Gasteiger partial charge < -0.3 is 15.5 Å². The average molecular weight is 387 g/mol. The summed E-state index contributed by atoms with van der Waals surface area (Å²) in [4.78, 5) is 38.5. The Balaban J connectivity index is 1.40. The summed E-state index contributed by atoms with van der Waals surface area (Å²) in [5.74, 6) is -0.608. The second-order valence-electron chi connectivity index (χ2n) is 6.96. The van der Waals surface area contributed by atoms with E-state index in [1.807, 2.05) is 42.5 Å². The van der Waals surface area contributed by atoms with Crippen LogP contribution in [0.1, 0.15) is 23.2 Å². The van der Waals surface area contributed by atoms with Crippen molar-refractivity contribution in [3.05, 3.63) is 72.3 Å². The van der Waals surface area contributed by atoms with Gasteiger partial charge in [-0.2, -0.15) is 0 Å². The molecule has 2 N–H and O–H groups in total. The minimum Gasteiger partial charge on any atom is -0.343 e. The molecular formula is C23H21N3O3. The fraction of sp³-hybridized carbons (Fsp3) is 0.174. The van der Waals surface area contributed by atoms with Crippen molar-refractivity contribution in [2.24, 2.45) is 0 Å². The van der Waals surface area contributed by atoms with Gasteiger partial charge in [0.2, 0.25) is 11.8 Å². The molecule has 6 nitrogen and oxygen atoms in total. The van der Waals surface area contributed by atoms with E-state index in [0.29, 0.717) is 29.9 Å². The quantitative estimate of drug-likeness (QED) is 0.705. The number of para-hydroxylation sites is 2. The zero-order valence-electron chi connectivity index (χ0n) is 15.9. The first kappa shape index (κ1) is 18.7. The first-order valence-electron chi connectivity index (χ1n) is 9.58. The molecule has 0 aromatic heterocycles. The molecule has 3 amide bonds. The number of hydrogen-bond donors (Lipinski definition) is 2. The smallest absolute Gasteiger partial charge is 0.251 e. The number of nitrogens with one attached hydrogen (secondary N) is 2. The third kappa shape index (κ3) is 4.11. The van der Waals surface area contributed by atoms with Crippen LogP contribution in [0, 0.1) is 0 Å². The van der Waals surface area contributed by atoms with Gasteiger partial charge in [0.15, 0.2) is 0 Å². The van der Waals surface area contributed by atoms with Crippen molar-refractivity contribution >= 4 is 39.9 Å². The van der Waals surface area contributed by atoms with Gasteiger partial charge in [0.1, 0.15) is 0 Å². The number of rotatable bonds is 5. The summed E-state index contributed by atoms with van der Waals surface area (Å²) in [6.07, 6.45) is 1.33. The van der Waals surface area contributed by atoms with Gasteiger partial charge >= 0.3 is 0 Å². The van der Waals surface area contributed by atoms with E-state index in [1.165, 1.54) is 0 Å². The van der Waals surface area contributed by atoms with Gasteiger partial charge in [0, 0.05) is 18.5 Å². The summed E-state index contributed by atoms with van der Waals surface area (Å²) in [5, 5.41) is 7.46. The third-order valence-corrected chi connectivity index (χ3v) is 4.96. The van der Waals surface area contributed by atoms with Crippen molar-refractivity contribution in [1.82, 2.24) is 5.32 Å². The van der Waals surface area contributed by atoms with Crippen LogP contribution in [-0.2, 0) is 9.59 Å². The number of anilines is 2. The second-order valence-corrected chi connectivity index (χ2v) is 6.96. The zero-order valence-corrected chi connectivity index (χ0v) is 15.9. The molecule has 1 saturated heterocycles. The Hall–Kier alpha value is -3.67. The highest BCUT2D eigenvalue weighted by molar-refractivity contribution is 6.04. The number of amides is 3. The van der Waals surface area contributed by atoms with E-state index in [-0.39, 0.29) is 24.3 Å². The van der Waals surface area contributed by atoms with E-state index in [2.05, 4.69) is 10.6 Å². The minimum absolute atomic E-state index is 0.0521.